The molecule has 0 atom stereocenters. The molecule has 0 aromatic carbocycles. The van der Waals surface area contributed by atoms with Crippen molar-refractivity contribution in [3.63, 3.8) is 0 Å². The molecule has 3 aromatic heterocycles. The van der Waals surface area contributed by atoms with Crippen LogP contribution in [0.15, 0.2) is 41.4 Å². The predicted octanol–water partition coefficient (Wildman–Crippen LogP) is 1.36. The third kappa shape index (κ3) is 4.61. The lowest BCUT2D eigenvalue weighted by atomic mass is 10.4. The average Bonchev–Trinajstić information content (AvgIpc) is 2.93. The van der Waals surface area contributed by atoms with Crippen molar-refractivity contribution >= 4 is 27.5 Å². The molecular formula is C17H22N8O2S. The van der Waals surface area contributed by atoms with Gasteiger partial charge in [-0.2, -0.15) is 5.10 Å². The van der Waals surface area contributed by atoms with Crippen LogP contribution in [0.4, 0.5) is 17.5 Å². The van der Waals surface area contributed by atoms with Crippen LogP contribution in [0.5, 0.6) is 0 Å². The first-order chi connectivity index (χ1) is 13.4. The molecule has 3 heterocycles. The standard InChI is InChI=1S/C17H22N8O2S/c1-12-17(13(2)25(3)24-12)28(26,27)20-11-10-19-15-7-8-16(23-22-15)21-14-6-4-5-9-18-14/h4-9,20H,10-11H2,1-3H3,(H,19,22)(H,18,21,23). The fraction of sp³-hybridized carbons (Fsp3) is 0.294. The van der Waals surface area contributed by atoms with Gasteiger partial charge in [0.1, 0.15) is 16.5 Å². The van der Waals surface area contributed by atoms with Gasteiger partial charge >= 0.3 is 0 Å². The van der Waals surface area contributed by atoms with Gasteiger partial charge in [-0.3, -0.25) is 4.68 Å². The van der Waals surface area contributed by atoms with Crippen LogP contribution in [0.3, 0.4) is 0 Å². The molecule has 10 nitrogen and oxygen atoms in total. The van der Waals surface area contributed by atoms with Crippen LogP contribution in [-0.2, 0) is 17.1 Å². The number of rotatable bonds is 8. The second-order valence-electron chi connectivity index (χ2n) is 6.09. The number of hydrogen-bond acceptors (Lipinski definition) is 8. The van der Waals surface area contributed by atoms with E-state index in [9.17, 15) is 8.42 Å². The van der Waals surface area contributed by atoms with Crippen molar-refractivity contribution in [3.8, 4) is 0 Å². The minimum atomic E-state index is -3.62. The highest BCUT2D eigenvalue weighted by Gasteiger charge is 2.23. The molecule has 11 heteroatoms. The summed E-state index contributed by atoms with van der Waals surface area (Å²) in [6, 6.07) is 9.04. The maximum atomic E-state index is 12.5. The summed E-state index contributed by atoms with van der Waals surface area (Å²) in [5.74, 6) is 1.78. The van der Waals surface area contributed by atoms with E-state index in [4.69, 9.17) is 0 Å². The zero-order valence-electron chi connectivity index (χ0n) is 15.8. The number of nitrogens with zero attached hydrogens (tertiary/aromatic N) is 5. The minimum absolute atomic E-state index is 0.200. The fourth-order valence-corrected chi connectivity index (χ4v) is 4.12. The van der Waals surface area contributed by atoms with Crippen LogP contribution in [0.1, 0.15) is 11.4 Å². The van der Waals surface area contributed by atoms with E-state index in [0.717, 1.165) is 0 Å². The summed E-state index contributed by atoms with van der Waals surface area (Å²) in [7, 11) is -1.91. The van der Waals surface area contributed by atoms with Gasteiger partial charge in [-0.25, -0.2) is 18.1 Å². The minimum Gasteiger partial charge on any atom is -0.367 e. The SMILES string of the molecule is Cc1nn(C)c(C)c1S(=O)(=O)NCCNc1ccc(Nc2ccccn2)nn1. The van der Waals surface area contributed by atoms with Crippen molar-refractivity contribution in [1.82, 2.24) is 29.7 Å². The molecule has 3 aromatic rings. The molecule has 0 radical (unpaired) electrons. The Hall–Kier alpha value is -3.05. The Balaban J connectivity index is 1.51. The second-order valence-corrected chi connectivity index (χ2v) is 7.80. The molecule has 0 fully saturated rings. The molecule has 0 bridgehead atoms. The highest BCUT2D eigenvalue weighted by Crippen LogP contribution is 2.18. The number of sulfonamides is 1. The zero-order valence-corrected chi connectivity index (χ0v) is 16.7. The molecule has 0 saturated heterocycles. The molecule has 3 N–H and O–H groups in total. The van der Waals surface area contributed by atoms with Gasteiger partial charge in [0.15, 0.2) is 5.82 Å². The Morgan fingerprint density at radius 3 is 2.36 bits per heavy atom. The predicted molar refractivity (Wildman–Crippen MR) is 106 cm³/mol. The molecule has 0 spiro atoms. The summed E-state index contributed by atoms with van der Waals surface area (Å²) < 4.78 is 29.1. The molecule has 0 aliphatic heterocycles. The maximum Gasteiger partial charge on any atom is 0.244 e. The monoisotopic (exact) mass is 402 g/mol. The van der Waals surface area contributed by atoms with Gasteiger partial charge in [0.05, 0.1) is 11.4 Å². The lowest BCUT2D eigenvalue weighted by Gasteiger charge is -2.09. The van der Waals surface area contributed by atoms with Crippen LogP contribution < -0.4 is 15.4 Å². The number of pyridine rings is 1. The van der Waals surface area contributed by atoms with E-state index in [1.165, 1.54) is 0 Å². The third-order valence-electron chi connectivity index (χ3n) is 4.02. The maximum absolute atomic E-state index is 12.5. The van der Waals surface area contributed by atoms with Crippen LogP contribution >= 0.6 is 0 Å². The van der Waals surface area contributed by atoms with E-state index >= 15 is 0 Å². The first-order valence-corrected chi connectivity index (χ1v) is 10.1. The molecule has 28 heavy (non-hydrogen) atoms. The van der Waals surface area contributed by atoms with Crippen LogP contribution in [0.25, 0.3) is 0 Å². The topological polar surface area (TPSA) is 127 Å². The zero-order chi connectivity index (χ0) is 20.1. The average molecular weight is 402 g/mol. The van der Waals surface area contributed by atoms with Crippen molar-refractivity contribution < 1.29 is 8.42 Å². The van der Waals surface area contributed by atoms with Crippen LogP contribution in [0.2, 0.25) is 0 Å². The second kappa shape index (κ2) is 8.31. The van der Waals surface area contributed by atoms with Gasteiger partial charge in [0.25, 0.3) is 0 Å². The molecular weight excluding hydrogens is 380 g/mol. The molecule has 0 amide bonds. The summed E-state index contributed by atoms with van der Waals surface area (Å²) in [5.41, 5.74) is 1.07. The normalized spacial score (nSPS) is 11.4. The van der Waals surface area contributed by atoms with Crippen molar-refractivity contribution in [3.05, 3.63) is 47.9 Å². The first-order valence-electron chi connectivity index (χ1n) is 8.62. The number of aryl methyl sites for hydroxylation is 2. The quantitative estimate of drug-likeness (QED) is 0.482. The van der Waals surface area contributed by atoms with Gasteiger partial charge in [0, 0.05) is 26.3 Å². The Labute approximate surface area is 163 Å². The summed E-state index contributed by atoms with van der Waals surface area (Å²) >= 11 is 0. The van der Waals surface area contributed by atoms with E-state index in [0.29, 0.717) is 35.4 Å². The van der Waals surface area contributed by atoms with Gasteiger partial charge in [-0.1, -0.05) is 6.07 Å². The fourth-order valence-electron chi connectivity index (χ4n) is 2.65. The van der Waals surface area contributed by atoms with Gasteiger partial charge in [-0.15, -0.1) is 10.2 Å². The van der Waals surface area contributed by atoms with E-state index < -0.39 is 10.0 Å². The van der Waals surface area contributed by atoms with E-state index in [2.05, 4.69) is 35.6 Å². The third-order valence-corrected chi connectivity index (χ3v) is 5.73. The van der Waals surface area contributed by atoms with Crippen molar-refractivity contribution in [2.24, 2.45) is 7.05 Å². The molecule has 148 valence electrons. The molecule has 0 saturated carbocycles. The summed E-state index contributed by atoms with van der Waals surface area (Å²) in [5, 5.41) is 18.3. The van der Waals surface area contributed by atoms with E-state index in [1.807, 2.05) is 18.2 Å². The van der Waals surface area contributed by atoms with Gasteiger partial charge in [0.2, 0.25) is 10.0 Å². The lowest BCUT2D eigenvalue weighted by Crippen LogP contribution is -2.29. The number of anilines is 3. The number of nitrogens with one attached hydrogen (secondary N) is 3. The first kappa shape index (κ1) is 19.7. The summed E-state index contributed by atoms with van der Waals surface area (Å²) in [4.78, 5) is 4.38. The Morgan fingerprint density at radius 2 is 1.75 bits per heavy atom. The van der Waals surface area contributed by atoms with Crippen molar-refractivity contribution in [2.45, 2.75) is 18.7 Å². The molecule has 0 aliphatic carbocycles. The Bertz CT molecular complexity index is 1030. The van der Waals surface area contributed by atoms with Crippen molar-refractivity contribution in [1.29, 1.82) is 0 Å². The summed E-state index contributed by atoms with van der Waals surface area (Å²) in [6.07, 6.45) is 1.68. The number of hydrogen-bond donors (Lipinski definition) is 3. The van der Waals surface area contributed by atoms with E-state index in [-0.39, 0.29) is 11.4 Å². The van der Waals surface area contributed by atoms with Crippen LogP contribution in [0, 0.1) is 13.8 Å². The highest BCUT2D eigenvalue weighted by molar-refractivity contribution is 7.89. The number of aromatic nitrogens is 5. The Morgan fingerprint density at radius 1 is 1.00 bits per heavy atom. The van der Waals surface area contributed by atoms with Crippen LogP contribution in [-0.4, -0.2) is 46.5 Å². The van der Waals surface area contributed by atoms with Crippen molar-refractivity contribution in [2.75, 3.05) is 23.7 Å². The smallest absolute Gasteiger partial charge is 0.244 e. The molecule has 3 rings (SSSR count). The van der Waals surface area contributed by atoms with Gasteiger partial charge < -0.3 is 10.6 Å². The van der Waals surface area contributed by atoms with Gasteiger partial charge in [-0.05, 0) is 38.1 Å². The highest BCUT2D eigenvalue weighted by atomic mass is 32.2. The Kier molecular flexibility index (Phi) is 5.85. The lowest BCUT2D eigenvalue weighted by molar-refractivity contribution is 0.581. The largest absolute Gasteiger partial charge is 0.367 e. The summed E-state index contributed by atoms with van der Waals surface area (Å²) in [6.45, 7) is 3.96. The molecule has 0 aliphatic rings. The molecule has 0 unspecified atom stereocenters. The van der Waals surface area contributed by atoms with E-state index in [1.54, 1.807) is 43.9 Å².